The Labute approximate surface area is 220 Å². The SMILES string of the molecule is CC(=O)ON1CCC(CC(=O)NO)(NC(=O)c2ccc(OCCc3cc(C)nc4ccccc34)cc2)CC1. The van der Waals surface area contributed by atoms with E-state index in [0.29, 0.717) is 50.3 Å². The van der Waals surface area contributed by atoms with Crippen LogP contribution in [-0.4, -0.2) is 58.3 Å². The van der Waals surface area contributed by atoms with E-state index in [2.05, 4.69) is 22.4 Å². The highest BCUT2D eigenvalue weighted by atomic mass is 16.7. The van der Waals surface area contributed by atoms with Gasteiger partial charge in [0.15, 0.2) is 0 Å². The Hall–Kier alpha value is -4.02. The van der Waals surface area contributed by atoms with Crippen molar-refractivity contribution < 1.29 is 29.2 Å². The van der Waals surface area contributed by atoms with E-state index in [1.807, 2.05) is 25.1 Å². The zero-order valence-electron chi connectivity index (χ0n) is 21.5. The molecule has 1 aliphatic heterocycles. The fourth-order valence-electron chi connectivity index (χ4n) is 4.78. The number of benzene rings is 2. The van der Waals surface area contributed by atoms with Crippen molar-refractivity contribution >= 4 is 28.7 Å². The summed E-state index contributed by atoms with van der Waals surface area (Å²) >= 11 is 0. The number of aryl methyl sites for hydroxylation is 1. The molecule has 1 fully saturated rings. The molecule has 0 spiro atoms. The fraction of sp³-hybridized carbons (Fsp3) is 0.357. The van der Waals surface area contributed by atoms with Crippen LogP contribution in [0, 0.1) is 6.92 Å². The predicted molar refractivity (Wildman–Crippen MR) is 139 cm³/mol. The van der Waals surface area contributed by atoms with Crippen molar-refractivity contribution in [3.05, 3.63) is 71.4 Å². The van der Waals surface area contributed by atoms with Crippen LogP contribution < -0.4 is 15.5 Å². The first-order chi connectivity index (χ1) is 18.3. The molecule has 2 aromatic carbocycles. The summed E-state index contributed by atoms with van der Waals surface area (Å²) in [5.41, 5.74) is 4.25. The first-order valence-electron chi connectivity index (χ1n) is 12.5. The van der Waals surface area contributed by atoms with Crippen LogP contribution in [0.15, 0.2) is 54.6 Å². The average molecular weight is 521 g/mol. The molecule has 1 saturated heterocycles. The van der Waals surface area contributed by atoms with E-state index in [-0.39, 0.29) is 12.3 Å². The third-order valence-electron chi connectivity index (χ3n) is 6.63. The number of aromatic nitrogens is 1. The van der Waals surface area contributed by atoms with Crippen LogP contribution in [0.3, 0.4) is 0 Å². The summed E-state index contributed by atoms with van der Waals surface area (Å²) in [6.07, 6.45) is 1.34. The second-order valence-corrected chi connectivity index (χ2v) is 9.52. The summed E-state index contributed by atoms with van der Waals surface area (Å²) in [6, 6.07) is 16.9. The molecule has 0 bridgehead atoms. The number of para-hydroxylation sites is 1. The topological polar surface area (TPSA) is 130 Å². The minimum atomic E-state index is -0.888. The van der Waals surface area contributed by atoms with Gasteiger partial charge in [0.05, 0.1) is 24.1 Å². The minimum absolute atomic E-state index is 0.104. The van der Waals surface area contributed by atoms with Gasteiger partial charge in [-0.2, -0.15) is 0 Å². The van der Waals surface area contributed by atoms with E-state index in [1.165, 1.54) is 17.6 Å². The zero-order chi connectivity index (χ0) is 27.1. The maximum atomic E-state index is 13.1. The van der Waals surface area contributed by atoms with E-state index in [4.69, 9.17) is 14.8 Å². The summed E-state index contributed by atoms with van der Waals surface area (Å²) in [5.74, 6) is -0.740. The van der Waals surface area contributed by atoms with Crippen molar-refractivity contribution in [3.8, 4) is 5.75 Å². The molecule has 3 aromatic rings. The number of carbonyl (C=O) groups is 3. The predicted octanol–water partition coefficient (Wildman–Crippen LogP) is 3.10. The van der Waals surface area contributed by atoms with Gasteiger partial charge < -0.3 is 14.9 Å². The Balaban J connectivity index is 1.36. The van der Waals surface area contributed by atoms with E-state index in [0.717, 1.165) is 16.6 Å². The highest BCUT2D eigenvalue weighted by molar-refractivity contribution is 5.95. The number of amides is 2. The largest absolute Gasteiger partial charge is 0.493 e. The number of hydroxylamine groups is 3. The number of rotatable bonds is 9. The van der Waals surface area contributed by atoms with Crippen LogP contribution in [0.2, 0.25) is 0 Å². The fourth-order valence-corrected chi connectivity index (χ4v) is 4.78. The van der Waals surface area contributed by atoms with Crippen LogP contribution >= 0.6 is 0 Å². The molecule has 38 heavy (non-hydrogen) atoms. The maximum absolute atomic E-state index is 13.1. The number of carbonyl (C=O) groups excluding carboxylic acids is 3. The summed E-state index contributed by atoms with van der Waals surface area (Å²) in [6.45, 7) is 4.45. The Morgan fingerprint density at radius 1 is 1.08 bits per heavy atom. The average Bonchev–Trinajstić information content (AvgIpc) is 2.90. The minimum Gasteiger partial charge on any atom is -0.493 e. The molecule has 0 aliphatic carbocycles. The Morgan fingerprint density at radius 3 is 2.47 bits per heavy atom. The number of piperidine rings is 1. The normalized spacial score (nSPS) is 15.0. The van der Waals surface area contributed by atoms with Crippen molar-refractivity contribution in [2.45, 2.75) is 45.1 Å². The molecular formula is C28H32N4O6. The number of hydrogen-bond donors (Lipinski definition) is 3. The number of pyridine rings is 1. The van der Waals surface area contributed by atoms with Crippen molar-refractivity contribution in [2.24, 2.45) is 0 Å². The Bertz CT molecular complexity index is 1300. The van der Waals surface area contributed by atoms with Crippen LogP contribution in [0.25, 0.3) is 10.9 Å². The second kappa shape index (κ2) is 12.0. The standard InChI is InChI=1S/C28H32N4O6/c1-19-17-22(24-5-3-4-6-25(24)29-19)11-16-37-23-9-7-21(8-10-23)27(35)30-28(18-26(34)31-36)12-14-32(15-13-28)38-20(2)33/h3-10,17,36H,11-16,18H2,1-2H3,(H,30,35)(H,31,34). The molecule has 1 aliphatic rings. The lowest BCUT2D eigenvalue weighted by atomic mass is 9.84. The van der Waals surface area contributed by atoms with Gasteiger partial charge in [-0.15, -0.1) is 5.06 Å². The molecule has 10 nitrogen and oxygen atoms in total. The number of nitrogens with zero attached hydrogens (tertiary/aromatic N) is 2. The van der Waals surface area contributed by atoms with Crippen molar-refractivity contribution in [1.82, 2.24) is 20.8 Å². The summed E-state index contributed by atoms with van der Waals surface area (Å²) < 4.78 is 5.93. The summed E-state index contributed by atoms with van der Waals surface area (Å²) in [4.78, 5) is 46.0. The lowest BCUT2D eigenvalue weighted by molar-refractivity contribution is -0.195. The smallest absolute Gasteiger partial charge is 0.322 e. The lowest BCUT2D eigenvalue weighted by Crippen LogP contribution is -2.57. The molecule has 0 radical (unpaired) electrons. The van der Waals surface area contributed by atoms with Gasteiger partial charge in [-0.1, -0.05) is 18.2 Å². The van der Waals surface area contributed by atoms with Gasteiger partial charge in [0, 0.05) is 43.1 Å². The van der Waals surface area contributed by atoms with Gasteiger partial charge in [0.25, 0.3) is 5.91 Å². The third-order valence-corrected chi connectivity index (χ3v) is 6.63. The third kappa shape index (κ3) is 6.84. The van der Waals surface area contributed by atoms with Crippen molar-refractivity contribution in [2.75, 3.05) is 19.7 Å². The zero-order valence-corrected chi connectivity index (χ0v) is 21.5. The van der Waals surface area contributed by atoms with Gasteiger partial charge in [0.2, 0.25) is 5.91 Å². The molecule has 4 rings (SSSR count). The molecule has 0 saturated carbocycles. The number of ether oxygens (including phenoxy) is 1. The first kappa shape index (κ1) is 27.0. The van der Waals surface area contributed by atoms with Gasteiger partial charge >= 0.3 is 5.97 Å². The van der Waals surface area contributed by atoms with Crippen LogP contribution in [-0.2, 0) is 20.8 Å². The maximum Gasteiger partial charge on any atom is 0.322 e. The van der Waals surface area contributed by atoms with Gasteiger partial charge in [0.1, 0.15) is 5.75 Å². The monoisotopic (exact) mass is 520 g/mol. The number of hydrogen-bond acceptors (Lipinski definition) is 8. The highest BCUT2D eigenvalue weighted by Crippen LogP contribution is 2.27. The Kier molecular flexibility index (Phi) is 8.55. The molecule has 200 valence electrons. The van der Waals surface area contributed by atoms with Crippen molar-refractivity contribution in [3.63, 3.8) is 0 Å². The molecule has 0 atom stereocenters. The van der Waals surface area contributed by atoms with E-state index in [1.54, 1.807) is 29.7 Å². The van der Waals surface area contributed by atoms with Crippen molar-refractivity contribution in [1.29, 1.82) is 0 Å². The molecule has 2 amide bonds. The van der Waals surface area contributed by atoms with E-state index < -0.39 is 17.4 Å². The van der Waals surface area contributed by atoms with Gasteiger partial charge in [-0.25, -0.2) is 5.48 Å². The molecule has 2 heterocycles. The second-order valence-electron chi connectivity index (χ2n) is 9.52. The molecule has 3 N–H and O–H groups in total. The number of fused-ring (bicyclic) bond motifs is 1. The van der Waals surface area contributed by atoms with E-state index in [9.17, 15) is 14.4 Å². The molecule has 0 unspecified atom stereocenters. The van der Waals surface area contributed by atoms with Gasteiger partial charge in [-0.05, 0) is 61.7 Å². The molecular weight excluding hydrogens is 488 g/mol. The van der Waals surface area contributed by atoms with Crippen LogP contribution in [0.5, 0.6) is 5.75 Å². The van der Waals surface area contributed by atoms with Crippen LogP contribution in [0.4, 0.5) is 0 Å². The first-order valence-corrected chi connectivity index (χ1v) is 12.5. The van der Waals surface area contributed by atoms with Crippen LogP contribution in [0.1, 0.15) is 47.8 Å². The lowest BCUT2D eigenvalue weighted by Gasteiger charge is -2.40. The quantitative estimate of drug-likeness (QED) is 0.290. The summed E-state index contributed by atoms with van der Waals surface area (Å²) in [5, 5.41) is 14.6. The Morgan fingerprint density at radius 2 is 1.79 bits per heavy atom. The molecule has 1 aromatic heterocycles. The highest BCUT2D eigenvalue weighted by Gasteiger charge is 2.39. The number of nitrogens with one attached hydrogen (secondary N) is 2. The molecule has 10 heteroatoms. The van der Waals surface area contributed by atoms with Gasteiger partial charge in [-0.3, -0.25) is 24.6 Å². The summed E-state index contributed by atoms with van der Waals surface area (Å²) in [7, 11) is 0. The van der Waals surface area contributed by atoms with E-state index >= 15 is 0 Å².